The van der Waals surface area contributed by atoms with Crippen molar-refractivity contribution < 1.29 is 18.9 Å². The van der Waals surface area contributed by atoms with Crippen LogP contribution < -0.4 is 18.9 Å². The third-order valence-corrected chi connectivity index (χ3v) is 3.76. The third kappa shape index (κ3) is 3.75. The molecule has 0 unspecified atom stereocenters. The fourth-order valence-corrected chi connectivity index (χ4v) is 2.42. The molecule has 0 spiro atoms. The summed E-state index contributed by atoms with van der Waals surface area (Å²) >= 11 is 0. The van der Waals surface area contributed by atoms with Crippen LogP contribution in [0.3, 0.4) is 0 Å². The fourth-order valence-electron chi connectivity index (χ4n) is 2.42. The molecule has 0 amide bonds. The van der Waals surface area contributed by atoms with E-state index in [4.69, 9.17) is 18.9 Å². The highest BCUT2D eigenvalue weighted by atomic mass is 16.5. The van der Waals surface area contributed by atoms with E-state index in [1.165, 1.54) is 0 Å². The van der Waals surface area contributed by atoms with Crippen LogP contribution in [0.25, 0.3) is 0 Å². The van der Waals surface area contributed by atoms with Crippen LogP contribution in [0.4, 0.5) is 0 Å². The molecule has 2 aromatic carbocycles. The predicted molar refractivity (Wildman–Crippen MR) is 92.2 cm³/mol. The average molecular weight is 324 g/mol. The van der Waals surface area contributed by atoms with Crippen molar-refractivity contribution in [1.82, 2.24) is 0 Å². The van der Waals surface area contributed by atoms with E-state index in [2.05, 4.69) is 11.8 Å². The summed E-state index contributed by atoms with van der Waals surface area (Å²) in [6, 6.07) is 11.3. The number of ether oxygens (including phenoxy) is 4. The van der Waals surface area contributed by atoms with Crippen molar-refractivity contribution in [1.29, 1.82) is 0 Å². The first-order valence-electron chi connectivity index (χ1n) is 7.94. The lowest BCUT2D eigenvalue weighted by molar-refractivity contribution is 0.265. The van der Waals surface area contributed by atoms with Gasteiger partial charge in [-0.15, -0.1) is 0 Å². The van der Waals surface area contributed by atoms with Crippen LogP contribution >= 0.6 is 0 Å². The van der Waals surface area contributed by atoms with Gasteiger partial charge >= 0.3 is 0 Å². The largest absolute Gasteiger partial charge is 0.497 e. The average Bonchev–Trinajstić information content (AvgIpc) is 2.62. The quantitative estimate of drug-likeness (QED) is 0.790. The van der Waals surface area contributed by atoms with Crippen LogP contribution in [0.2, 0.25) is 0 Å². The van der Waals surface area contributed by atoms with Gasteiger partial charge in [0.2, 0.25) is 0 Å². The maximum Gasteiger partial charge on any atom is 0.135 e. The molecule has 1 aliphatic heterocycles. The second-order valence-corrected chi connectivity index (χ2v) is 5.38. The van der Waals surface area contributed by atoms with Gasteiger partial charge in [0, 0.05) is 0 Å². The summed E-state index contributed by atoms with van der Waals surface area (Å²) in [5, 5.41) is 0. The number of benzene rings is 2. The van der Waals surface area contributed by atoms with Gasteiger partial charge < -0.3 is 18.9 Å². The minimum Gasteiger partial charge on any atom is -0.497 e. The van der Waals surface area contributed by atoms with Gasteiger partial charge in [0.05, 0.1) is 38.6 Å². The van der Waals surface area contributed by atoms with Crippen LogP contribution in [0, 0.1) is 11.8 Å². The Labute approximate surface area is 142 Å². The SMILES string of the molecule is COc1ccc2c(c1)C#Cc1cc(OC)ccc1OCCCCO2. The molecular formula is C20H20O4. The molecule has 4 heteroatoms. The zero-order chi connectivity index (χ0) is 16.8. The molecule has 1 aliphatic rings. The Kier molecular flexibility index (Phi) is 5.12. The van der Waals surface area contributed by atoms with Gasteiger partial charge in [-0.05, 0) is 49.2 Å². The minimum absolute atomic E-state index is 0.639. The molecule has 0 saturated carbocycles. The zero-order valence-electron chi connectivity index (χ0n) is 13.9. The Morgan fingerprint density at radius 2 is 1.21 bits per heavy atom. The van der Waals surface area contributed by atoms with Gasteiger partial charge in [0.25, 0.3) is 0 Å². The lowest BCUT2D eigenvalue weighted by Crippen LogP contribution is -2.05. The van der Waals surface area contributed by atoms with E-state index in [9.17, 15) is 0 Å². The Morgan fingerprint density at radius 1 is 0.750 bits per heavy atom. The normalized spacial score (nSPS) is 13.4. The molecule has 0 saturated heterocycles. The molecule has 4 nitrogen and oxygen atoms in total. The highest BCUT2D eigenvalue weighted by molar-refractivity contribution is 5.56. The van der Waals surface area contributed by atoms with Crippen molar-refractivity contribution in [2.75, 3.05) is 27.4 Å². The van der Waals surface area contributed by atoms with E-state index in [1.807, 2.05) is 36.4 Å². The van der Waals surface area contributed by atoms with Gasteiger partial charge in [-0.25, -0.2) is 0 Å². The summed E-state index contributed by atoms with van der Waals surface area (Å²) in [7, 11) is 3.28. The topological polar surface area (TPSA) is 36.9 Å². The van der Waals surface area contributed by atoms with E-state index in [1.54, 1.807) is 14.2 Å². The summed E-state index contributed by atoms with van der Waals surface area (Å²) < 4.78 is 22.3. The lowest BCUT2D eigenvalue weighted by Gasteiger charge is -2.13. The Balaban J connectivity index is 2.06. The molecule has 0 radical (unpaired) electrons. The molecule has 0 aromatic heterocycles. The summed E-state index contributed by atoms with van der Waals surface area (Å²) in [6.07, 6.45) is 1.84. The fraction of sp³-hybridized carbons (Fsp3) is 0.300. The molecule has 0 N–H and O–H groups in total. The molecule has 24 heavy (non-hydrogen) atoms. The third-order valence-electron chi connectivity index (χ3n) is 3.76. The van der Waals surface area contributed by atoms with Crippen molar-refractivity contribution in [2.24, 2.45) is 0 Å². The summed E-state index contributed by atoms with van der Waals surface area (Å²) in [5.41, 5.74) is 1.59. The number of hydrogen-bond acceptors (Lipinski definition) is 4. The molecule has 0 atom stereocenters. The second-order valence-electron chi connectivity index (χ2n) is 5.38. The highest BCUT2D eigenvalue weighted by Gasteiger charge is 2.08. The van der Waals surface area contributed by atoms with Gasteiger partial charge in [-0.3, -0.25) is 0 Å². The maximum atomic E-state index is 5.85. The highest BCUT2D eigenvalue weighted by Crippen LogP contribution is 2.27. The van der Waals surface area contributed by atoms with Crippen molar-refractivity contribution in [2.45, 2.75) is 12.8 Å². The van der Waals surface area contributed by atoms with Crippen LogP contribution in [-0.2, 0) is 0 Å². The van der Waals surface area contributed by atoms with Crippen molar-refractivity contribution in [3.8, 4) is 34.8 Å². The number of rotatable bonds is 2. The van der Waals surface area contributed by atoms with E-state index in [-0.39, 0.29) is 0 Å². The second kappa shape index (κ2) is 7.65. The predicted octanol–water partition coefficient (Wildman–Crippen LogP) is 3.66. The first-order valence-corrected chi connectivity index (χ1v) is 7.94. The maximum absolute atomic E-state index is 5.85. The molecule has 0 bridgehead atoms. The number of fused-ring (bicyclic) bond motifs is 2. The van der Waals surface area contributed by atoms with Crippen LogP contribution in [0.5, 0.6) is 23.0 Å². The minimum atomic E-state index is 0.639. The van der Waals surface area contributed by atoms with Crippen LogP contribution in [0.15, 0.2) is 36.4 Å². The lowest BCUT2D eigenvalue weighted by atomic mass is 10.1. The smallest absolute Gasteiger partial charge is 0.135 e. The molecule has 3 rings (SSSR count). The van der Waals surface area contributed by atoms with Gasteiger partial charge in [-0.1, -0.05) is 11.8 Å². The van der Waals surface area contributed by atoms with E-state index in [0.717, 1.165) is 47.0 Å². The van der Waals surface area contributed by atoms with E-state index < -0.39 is 0 Å². The number of hydrogen-bond donors (Lipinski definition) is 0. The molecular weight excluding hydrogens is 304 g/mol. The number of methoxy groups -OCH3 is 2. The molecule has 0 aliphatic carbocycles. The molecule has 0 fully saturated rings. The van der Waals surface area contributed by atoms with Gasteiger partial charge in [0.15, 0.2) is 0 Å². The summed E-state index contributed by atoms with van der Waals surface area (Å²) in [5.74, 6) is 9.39. The van der Waals surface area contributed by atoms with Gasteiger partial charge in [-0.2, -0.15) is 0 Å². The summed E-state index contributed by atoms with van der Waals surface area (Å²) in [4.78, 5) is 0. The van der Waals surface area contributed by atoms with Crippen LogP contribution in [0.1, 0.15) is 24.0 Å². The Bertz CT molecular complexity index is 707. The van der Waals surface area contributed by atoms with Crippen molar-refractivity contribution in [3.63, 3.8) is 0 Å². The Morgan fingerprint density at radius 3 is 1.62 bits per heavy atom. The first kappa shape index (κ1) is 16.1. The standard InChI is InChI=1S/C20H20O4/c1-21-17-7-9-19-15(13-17)5-6-16-14-18(22-2)8-10-20(16)24-12-4-3-11-23-19/h7-10,13-14H,3-4,11-12H2,1-2H3. The van der Waals surface area contributed by atoms with Crippen LogP contribution in [-0.4, -0.2) is 27.4 Å². The van der Waals surface area contributed by atoms with Crippen molar-refractivity contribution in [3.05, 3.63) is 47.5 Å². The Hall–Kier alpha value is -2.80. The first-order chi connectivity index (χ1) is 11.8. The van der Waals surface area contributed by atoms with Gasteiger partial charge in [0.1, 0.15) is 23.0 Å². The molecule has 124 valence electrons. The summed E-state index contributed by atoms with van der Waals surface area (Å²) in [6.45, 7) is 1.28. The van der Waals surface area contributed by atoms with E-state index in [0.29, 0.717) is 13.2 Å². The van der Waals surface area contributed by atoms with Crippen molar-refractivity contribution >= 4 is 0 Å². The molecule has 1 heterocycles. The van der Waals surface area contributed by atoms with E-state index >= 15 is 0 Å². The molecule has 2 aromatic rings. The zero-order valence-corrected chi connectivity index (χ0v) is 13.9. The monoisotopic (exact) mass is 324 g/mol.